The number of thiazole rings is 1. The number of benzene rings is 2. The summed E-state index contributed by atoms with van der Waals surface area (Å²) in [5, 5.41) is 6.55. The number of rotatable bonds is 5. The Hall–Kier alpha value is -3.52. The molecule has 146 valence electrons. The van der Waals surface area contributed by atoms with Crippen LogP contribution in [0, 0.1) is 13.8 Å². The highest BCUT2D eigenvalue weighted by molar-refractivity contribution is 7.22. The molecule has 0 saturated carbocycles. The molecular formula is C21H19N5O2S. The number of nitrogens with zero attached hydrogens (tertiary/aromatic N) is 3. The number of carbonyl (C=O) groups is 1. The number of hydrogen-bond acceptors (Lipinski definition) is 7. The van der Waals surface area contributed by atoms with Crippen LogP contribution in [0.5, 0.6) is 5.75 Å². The lowest BCUT2D eigenvalue weighted by Gasteiger charge is -2.07. The maximum Gasteiger partial charge on any atom is 0.257 e. The minimum atomic E-state index is -0.217. The van der Waals surface area contributed by atoms with E-state index in [1.165, 1.54) is 11.3 Å². The van der Waals surface area contributed by atoms with Gasteiger partial charge < -0.3 is 10.1 Å². The lowest BCUT2D eigenvalue weighted by molar-refractivity contribution is 0.102. The van der Waals surface area contributed by atoms with Crippen molar-refractivity contribution >= 4 is 44.2 Å². The van der Waals surface area contributed by atoms with Crippen molar-refractivity contribution in [2.24, 2.45) is 0 Å². The minimum absolute atomic E-state index is 0.217. The quantitative estimate of drug-likeness (QED) is 0.500. The van der Waals surface area contributed by atoms with Gasteiger partial charge in [0, 0.05) is 22.6 Å². The van der Waals surface area contributed by atoms with E-state index in [0.29, 0.717) is 16.6 Å². The van der Waals surface area contributed by atoms with Crippen molar-refractivity contribution in [3.8, 4) is 5.75 Å². The van der Waals surface area contributed by atoms with E-state index in [2.05, 4.69) is 25.6 Å². The molecule has 0 atom stereocenters. The first-order chi connectivity index (χ1) is 14.0. The van der Waals surface area contributed by atoms with Gasteiger partial charge in [0.1, 0.15) is 5.75 Å². The Morgan fingerprint density at radius 1 is 0.966 bits per heavy atom. The fourth-order valence-corrected chi connectivity index (χ4v) is 3.76. The van der Waals surface area contributed by atoms with Crippen molar-refractivity contribution in [3.05, 3.63) is 65.5 Å². The number of aromatic nitrogens is 3. The van der Waals surface area contributed by atoms with Gasteiger partial charge in [0.2, 0.25) is 5.95 Å². The number of hydrogen-bond donors (Lipinski definition) is 2. The van der Waals surface area contributed by atoms with Crippen LogP contribution >= 0.6 is 11.3 Å². The van der Waals surface area contributed by atoms with Crippen LogP contribution < -0.4 is 15.4 Å². The Bertz CT molecular complexity index is 1170. The van der Waals surface area contributed by atoms with E-state index in [0.717, 1.165) is 33.0 Å². The Morgan fingerprint density at radius 2 is 1.69 bits per heavy atom. The summed E-state index contributed by atoms with van der Waals surface area (Å²) in [6, 6.07) is 14.7. The zero-order valence-electron chi connectivity index (χ0n) is 16.2. The SMILES string of the molecule is COc1ccc2nc(NC(=O)c3ccc(Nc4nc(C)cc(C)n4)cc3)sc2c1. The summed E-state index contributed by atoms with van der Waals surface area (Å²) in [6.45, 7) is 3.84. The second kappa shape index (κ2) is 7.84. The standard InChI is InChI=1S/C21H19N5O2S/c1-12-10-13(2)23-20(22-12)24-15-6-4-14(5-7-15)19(27)26-21-25-17-9-8-16(28-3)11-18(17)29-21/h4-11H,1-3H3,(H,22,23,24)(H,25,26,27). The number of ether oxygens (including phenoxy) is 1. The summed E-state index contributed by atoms with van der Waals surface area (Å²) in [7, 11) is 1.62. The molecule has 8 heteroatoms. The monoisotopic (exact) mass is 405 g/mol. The summed E-state index contributed by atoms with van der Waals surface area (Å²) >= 11 is 1.41. The van der Waals surface area contributed by atoms with Crippen molar-refractivity contribution in [3.63, 3.8) is 0 Å². The molecule has 2 aromatic heterocycles. The van der Waals surface area contributed by atoms with E-state index in [4.69, 9.17) is 4.74 Å². The Morgan fingerprint density at radius 3 is 2.38 bits per heavy atom. The molecule has 0 spiro atoms. The highest BCUT2D eigenvalue weighted by atomic mass is 32.1. The molecule has 29 heavy (non-hydrogen) atoms. The fourth-order valence-electron chi connectivity index (χ4n) is 2.87. The van der Waals surface area contributed by atoms with Gasteiger partial charge in [-0.25, -0.2) is 15.0 Å². The van der Waals surface area contributed by atoms with Crippen molar-refractivity contribution in [2.45, 2.75) is 13.8 Å². The number of nitrogens with one attached hydrogen (secondary N) is 2. The molecule has 2 N–H and O–H groups in total. The molecule has 0 aliphatic carbocycles. The van der Waals surface area contributed by atoms with E-state index in [1.54, 1.807) is 19.2 Å². The first-order valence-electron chi connectivity index (χ1n) is 8.95. The molecule has 0 aliphatic rings. The third kappa shape index (κ3) is 4.33. The molecule has 0 unspecified atom stereocenters. The normalized spacial score (nSPS) is 10.7. The maximum absolute atomic E-state index is 12.6. The van der Waals surface area contributed by atoms with E-state index < -0.39 is 0 Å². The molecule has 0 aliphatic heterocycles. The molecule has 0 saturated heterocycles. The van der Waals surface area contributed by atoms with E-state index in [-0.39, 0.29) is 5.91 Å². The smallest absolute Gasteiger partial charge is 0.257 e. The molecule has 4 rings (SSSR count). The molecule has 4 aromatic rings. The molecule has 0 bridgehead atoms. The zero-order valence-corrected chi connectivity index (χ0v) is 17.0. The summed E-state index contributed by atoms with van der Waals surface area (Å²) in [4.78, 5) is 25.7. The summed E-state index contributed by atoms with van der Waals surface area (Å²) in [5.74, 6) is 1.07. The summed E-state index contributed by atoms with van der Waals surface area (Å²) < 4.78 is 6.18. The first-order valence-corrected chi connectivity index (χ1v) is 9.77. The van der Waals surface area contributed by atoms with Crippen molar-refractivity contribution in [1.29, 1.82) is 0 Å². The molecule has 0 radical (unpaired) electrons. The van der Waals surface area contributed by atoms with Gasteiger partial charge in [-0.2, -0.15) is 0 Å². The first kappa shape index (κ1) is 18.8. The average Bonchev–Trinajstić information content (AvgIpc) is 3.09. The molecule has 0 fully saturated rings. The van der Waals surface area contributed by atoms with Crippen LogP contribution in [0.15, 0.2) is 48.5 Å². The minimum Gasteiger partial charge on any atom is -0.497 e. The van der Waals surface area contributed by atoms with Crippen LogP contribution in [0.1, 0.15) is 21.7 Å². The van der Waals surface area contributed by atoms with Crippen LogP contribution in [-0.2, 0) is 0 Å². The van der Waals surface area contributed by atoms with E-state index >= 15 is 0 Å². The average molecular weight is 405 g/mol. The van der Waals surface area contributed by atoms with Crippen molar-refractivity contribution in [2.75, 3.05) is 17.7 Å². The lowest BCUT2D eigenvalue weighted by Crippen LogP contribution is -2.11. The predicted octanol–water partition coefficient (Wildman–Crippen LogP) is 4.71. The molecular weight excluding hydrogens is 386 g/mol. The Kier molecular flexibility index (Phi) is 5.09. The highest BCUT2D eigenvalue weighted by Crippen LogP contribution is 2.29. The molecule has 7 nitrogen and oxygen atoms in total. The predicted molar refractivity (Wildman–Crippen MR) is 115 cm³/mol. The number of fused-ring (bicyclic) bond motifs is 1. The maximum atomic E-state index is 12.6. The number of amides is 1. The second-order valence-electron chi connectivity index (χ2n) is 6.48. The van der Waals surface area contributed by atoms with Crippen LogP contribution in [0.2, 0.25) is 0 Å². The van der Waals surface area contributed by atoms with Gasteiger partial charge in [-0.05, 0) is 62.4 Å². The molecule has 2 heterocycles. The lowest BCUT2D eigenvalue weighted by atomic mass is 10.2. The van der Waals surface area contributed by atoms with Crippen LogP contribution in [-0.4, -0.2) is 28.0 Å². The van der Waals surface area contributed by atoms with Gasteiger partial charge in [-0.1, -0.05) is 11.3 Å². The Labute approximate surface area is 171 Å². The zero-order chi connectivity index (χ0) is 20.4. The summed E-state index contributed by atoms with van der Waals surface area (Å²) in [6.07, 6.45) is 0. The molecule has 1 amide bonds. The van der Waals surface area contributed by atoms with Gasteiger partial charge in [0.25, 0.3) is 5.91 Å². The molecule has 2 aromatic carbocycles. The highest BCUT2D eigenvalue weighted by Gasteiger charge is 2.11. The summed E-state index contributed by atoms with van der Waals surface area (Å²) in [5.41, 5.74) is 3.94. The van der Waals surface area contributed by atoms with Crippen LogP contribution in [0.4, 0.5) is 16.8 Å². The Balaban J connectivity index is 1.46. The topological polar surface area (TPSA) is 89.0 Å². The number of methoxy groups -OCH3 is 1. The largest absolute Gasteiger partial charge is 0.497 e. The van der Waals surface area contributed by atoms with Gasteiger partial charge in [0.05, 0.1) is 17.3 Å². The van der Waals surface area contributed by atoms with Gasteiger partial charge >= 0.3 is 0 Å². The third-order valence-electron chi connectivity index (χ3n) is 4.20. The number of aryl methyl sites for hydroxylation is 2. The van der Waals surface area contributed by atoms with Gasteiger partial charge in [0.15, 0.2) is 5.13 Å². The van der Waals surface area contributed by atoms with Crippen molar-refractivity contribution < 1.29 is 9.53 Å². The van der Waals surface area contributed by atoms with E-state index in [1.807, 2.05) is 50.2 Å². The van der Waals surface area contributed by atoms with Gasteiger partial charge in [-0.15, -0.1) is 0 Å². The fraction of sp³-hybridized carbons (Fsp3) is 0.143. The van der Waals surface area contributed by atoms with Crippen molar-refractivity contribution in [1.82, 2.24) is 15.0 Å². The van der Waals surface area contributed by atoms with Gasteiger partial charge in [-0.3, -0.25) is 10.1 Å². The van der Waals surface area contributed by atoms with E-state index in [9.17, 15) is 4.79 Å². The second-order valence-corrected chi connectivity index (χ2v) is 7.51. The number of carbonyl (C=O) groups excluding carboxylic acids is 1. The van der Waals surface area contributed by atoms with Crippen LogP contribution in [0.3, 0.4) is 0 Å². The van der Waals surface area contributed by atoms with Crippen LogP contribution in [0.25, 0.3) is 10.2 Å². The number of anilines is 3. The third-order valence-corrected chi connectivity index (χ3v) is 5.14.